The van der Waals surface area contributed by atoms with E-state index >= 15 is 0 Å². The van der Waals surface area contributed by atoms with E-state index in [2.05, 4.69) is 15.9 Å². The third-order valence-electron chi connectivity index (χ3n) is 5.24. The fourth-order valence-electron chi connectivity index (χ4n) is 4.02. The summed E-state index contributed by atoms with van der Waals surface area (Å²) in [6.07, 6.45) is -0.312. The number of carbonyl (C=O) groups excluding carboxylic acids is 3. The van der Waals surface area contributed by atoms with Gasteiger partial charge in [0.1, 0.15) is 18.0 Å². The van der Waals surface area contributed by atoms with Crippen molar-refractivity contribution < 1.29 is 23.9 Å². The summed E-state index contributed by atoms with van der Waals surface area (Å²) in [6.45, 7) is 6.27. The molecule has 0 aromatic heterocycles. The Bertz CT molecular complexity index is 764. The number of Topliss-reactive ketones (excluding diaryl/α,β-unsaturated/α-hetero) is 1. The van der Waals surface area contributed by atoms with E-state index in [1.165, 1.54) is 0 Å². The molecule has 7 nitrogen and oxygen atoms in total. The zero-order valence-electron chi connectivity index (χ0n) is 17.0. The molecule has 2 fully saturated rings. The number of hydrogen-bond acceptors (Lipinski definition) is 5. The van der Waals surface area contributed by atoms with Crippen molar-refractivity contribution in [2.45, 2.75) is 51.5 Å². The Hall–Kier alpha value is -2.09. The first-order valence-corrected chi connectivity index (χ1v) is 10.9. The topological polar surface area (TPSA) is 76.2 Å². The van der Waals surface area contributed by atoms with Crippen molar-refractivity contribution >= 4 is 33.9 Å². The van der Waals surface area contributed by atoms with Gasteiger partial charge in [-0.3, -0.25) is 4.79 Å². The summed E-state index contributed by atoms with van der Waals surface area (Å²) in [5.41, 5.74) is 0.267. The molecule has 0 N–H and O–H groups in total. The van der Waals surface area contributed by atoms with Gasteiger partial charge in [-0.25, -0.2) is 9.59 Å². The number of ketones is 1. The first-order valence-electron chi connectivity index (χ1n) is 9.77. The third-order valence-corrected chi connectivity index (χ3v) is 5.79. The fraction of sp³-hybridized carbons (Fsp3) is 0.571. The number of benzene rings is 1. The highest BCUT2D eigenvalue weighted by atomic mass is 79.9. The molecule has 29 heavy (non-hydrogen) atoms. The fourth-order valence-corrected chi connectivity index (χ4v) is 4.43. The van der Waals surface area contributed by atoms with E-state index in [1.54, 1.807) is 9.80 Å². The molecule has 3 unspecified atom stereocenters. The number of rotatable bonds is 4. The number of hydrogen-bond donors (Lipinski definition) is 0. The summed E-state index contributed by atoms with van der Waals surface area (Å²) in [5, 5.41) is 0.177. The van der Waals surface area contributed by atoms with E-state index in [4.69, 9.17) is 9.47 Å². The lowest BCUT2D eigenvalue weighted by Gasteiger charge is -2.30. The molecule has 2 saturated heterocycles. The molecule has 0 radical (unpaired) electrons. The van der Waals surface area contributed by atoms with Crippen molar-refractivity contribution in [2.24, 2.45) is 5.92 Å². The lowest BCUT2D eigenvalue weighted by Crippen LogP contribution is -2.46. The van der Waals surface area contributed by atoms with E-state index in [9.17, 15) is 14.4 Å². The van der Waals surface area contributed by atoms with Crippen molar-refractivity contribution in [1.82, 2.24) is 9.80 Å². The summed E-state index contributed by atoms with van der Waals surface area (Å²) in [6, 6.07) is 8.80. The van der Waals surface area contributed by atoms with Crippen LogP contribution in [0.1, 0.15) is 32.8 Å². The van der Waals surface area contributed by atoms with Gasteiger partial charge in [0, 0.05) is 13.1 Å². The first kappa shape index (κ1) is 21.6. The highest BCUT2D eigenvalue weighted by molar-refractivity contribution is 9.09. The summed E-state index contributed by atoms with van der Waals surface area (Å²) < 4.78 is 11.0. The average Bonchev–Trinajstić information content (AvgIpc) is 3.25. The lowest BCUT2D eigenvalue weighted by molar-refractivity contribution is -0.121. The van der Waals surface area contributed by atoms with Gasteiger partial charge in [0.2, 0.25) is 0 Å². The molecule has 2 heterocycles. The Balaban J connectivity index is 1.73. The summed E-state index contributed by atoms with van der Waals surface area (Å²) in [4.78, 5) is 41.2. The van der Waals surface area contributed by atoms with E-state index in [1.807, 2.05) is 51.1 Å². The van der Waals surface area contributed by atoms with Gasteiger partial charge in [-0.05, 0) is 32.8 Å². The van der Waals surface area contributed by atoms with E-state index in [0.717, 1.165) is 5.56 Å². The second kappa shape index (κ2) is 8.73. The second-order valence-corrected chi connectivity index (χ2v) is 8.98. The Kier molecular flexibility index (Phi) is 6.51. The lowest BCUT2D eigenvalue weighted by atomic mass is 9.96. The molecular formula is C21H27BrN2O5. The minimum atomic E-state index is -0.628. The Morgan fingerprint density at radius 3 is 2.41 bits per heavy atom. The molecule has 3 rings (SSSR count). The molecule has 2 aliphatic heterocycles. The Morgan fingerprint density at radius 2 is 1.79 bits per heavy atom. The molecule has 1 aromatic carbocycles. The van der Waals surface area contributed by atoms with Crippen LogP contribution in [-0.4, -0.2) is 63.9 Å². The van der Waals surface area contributed by atoms with E-state index < -0.39 is 23.7 Å². The van der Waals surface area contributed by atoms with Crippen molar-refractivity contribution in [3.63, 3.8) is 0 Å². The number of amides is 2. The smallest absolute Gasteiger partial charge is 0.410 e. The number of likely N-dealkylation sites (tertiary alicyclic amines) is 2. The zero-order valence-corrected chi connectivity index (χ0v) is 18.6. The summed E-state index contributed by atoms with van der Waals surface area (Å²) in [5.74, 6) is -0.493. The zero-order chi connectivity index (χ0) is 21.2. The number of fused-ring (bicyclic) bond motifs is 1. The first-order chi connectivity index (χ1) is 13.7. The van der Waals surface area contributed by atoms with Gasteiger partial charge in [0.25, 0.3) is 0 Å². The van der Waals surface area contributed by atoms with Crippen LogP contribution in [0.4, 0.5) is 9.59 Å². The maximum Gasteiger partial charge on any atom is 0.410 e. The summed E-state index contributed by atoms with van der Waals surface area (Å²) in [7, 11) is 0. The minimum absolute atomic E-state index is 0.0335. The average molecular weight is 467 g/mol. The molecule has 0 saturated carbocycles. The molecule has 0 aliphatic carbocycles. The van der Waals surface area contributed by atoms with Gasteiger partial charge in [-0.2, -0.15) is 0 Å². The van der Waals surface area contributed by atoms with Crippen LogP contribution in [0.3, 0.4) is 0 Å². The molecule has 2 amide bonds. The molecule has 0 spiro atoms. The molecule has 158 valence electrons. The van der Waals surface area contributed by atoms with Crippen molar-refractivity contribution in [3.05, 3.63) is 35.9 Å². The van der Waals surface area contributed by atoms with E-state index in [0.29, 0.717) is 13.0 Å². The number of nitrogens with zero attached hydrogens (tertiary/aromatic N) is 2. The standard InChI is InChI=1S/C21H27BrN2O5/c1-21(2,3)29-20(27)23-10-9-16-18(23)15(17(25)11-22)12-24(16)19(26)28-13-14-7-5-4-6-8-14/h4-8,15-16,18H,9-13H2,1-3H3. The highest BCUT2D eigenvalue weighted by Crippen LogP contribution is 2.37. The van der Waals surface area contributed by atoms with Crippen LogP contribution in [0.2, 0.25) is 0 Å². The maximum absolute atomic E-state index is 12.8. The minimum Gasteiger partial charge on any atom is -0.445 e. The maximum atomic E-state index is 12.8. The second-order valence-electron chi connectivity index (χ2n) is 8.42. The van der Waals surface area contributed by atoms with Gasteiger partial charge in [0.15, 0.2) is 0 Å². The number of carbonyl (C=O) groups is 3. The number of alkyl halides is 1. The third kappa shape index (κ3) is 4.91. The molecule has 2 aliphatic rings. The largest absolute Gasteiger partial charge is 0.445 e. The van der Waals surface area contributed by atoms with Crippen molar-refractivity contribution in [1.29, 1.82) is 0 Å². The SMILES string of the molecule is CC(C)(C)OC(=O)N1CCC2C1C(C(=O)CBr)CN2C(=O)OCc1ccccc1. The van der Waals surface area contributed by atoms with Crippen LogP contribution < -0.4 is 0 Å². The van der Waals surface area contributed by atoms with Crippen LogP contribution in [0.25, 0.3) is 0 Å². The quantitative estimate of drug-likeness (QED) is 0.633. The van der Waals surface area contributed by atoms with Crippen LogP contribution in [-0.2, 0) is 20.9 Å². The van der Waals surface area contributed by atoms with Gasteiger partial charge < -0.3 is 19.3 Å². The van der Waals surface area contributed by atoms with Crippen molar-refractivity contribution in [2.75, 3.05) is 18.4 Å². The Morgan fingerprint density at radius 1 is 1.10 bits per heavy atom. The van der Waals surface area contributed by atoms with Gasteiger partial charge in [0.05, 0.1) is 23.3 Å². The van der Waals surface area contributed by atoms with Gasteiger partial charge in [-0.1, -0.05) is 46.3 Å². The number of halogens is 1. The molecule has 0 bridgehead atoms. The number of ether oxygens (including phenoxy) is 2. The highest BCUT2D eigenvalue weighted by Gasteiger charge is 2.54. The monoisotopic (exact) mass is 466 g/mol. The molecular weight excluding hydrogens is 440 g/mol. The van der Waals surface area contributed by atoms with Crippen LogP contribution in [0.15, 0.2) is 30.3 Å². The molecule has 3 atom stereocenters. The van der Waals surface area contributed by atoms with Gasteiger partial charge >= 0.3 is 12.2 Å². The summed E-state index contributed by atoms with van der Waals surface area (Å²) >= 11 is 3.23. The van der Waals surface area contributed by atoms with Crippen LogP contribution >= 0.6 is 15.9 Å². The Labute approximate surface area is 179 Å². The van der Waals surface area contributed by atoms with Crippen LogP contribution in [0, 0.1) is 5.92 Å². The predicted octanol–water partition coefficient (Wildman–Crippen LogP) is 3.60. The van der Waals surface area contributed by atoms with Gasteiger partial charge in [-0.15, -0.1) is 0 Å². The van der Waals surface area contributed by atoms with E-state index in [-0.39, 0.29) is 36.3 Å². The predicted molar refractivity (Wildman–Crippen MR) is 111 cm³/mol. The van der Waals surface area contributed by atoms with Crippen LogP contribution in [0.5, 0.6) is 0 Å². The van der Waals surface area contributed by atoms with Crippen molar-refractivity contribution in [3.8, 4) is 0 Å². The molecule has 8 heteroatoms. The molecule has 1 aromatic rings. The normalized spacial score (nSPS) is 23.7.